The van der Waals surface area contributed by atoms with E-state index in [1.165, 1.54) is 18.3 Å². The first-order valence-electron chi connectivity index (χ1n) is 7.29. The first-order valence-corrected chi connectivity index (χ1v) is 10.5. The largest absolute Gasteiger partial charge is 0.306 e. The molecule has 0 saturated carbocycles. The molecule has 0 bridgehead atoms. The molecule has 0 aliphatic rings. The Hall–Kier alpha value is -2.04. The van der Waals surface area contributed by atoms with E-state index in [9.17, 15) is 17.2 Å². The molecule has 26 heavy (non-hydrogen) atoms. The summed E-state index contributed by atoms with van der Waals surface area (Å²) in [6, 6.07) is 12.8. The average Bonchev–Trinajstić information content (AvgIpc) is 2.98. The van der Waals surface area contributed by atoms with Gasteiger partial charge < -0.3 is 4.55 Å². The topological polar surface area (TPSA) is 115 Å². The van der Waals surface area contributed by atoms with Gasteiger partial charge in [0.1, 0.15) is 0 Å². The number of aromatic nitrogens is 2. The van der Waals surface area contributed by atoms with Crippen LogP contribution in [0, 0.1) is 0 Å². The fourth-order valence-corrected chi connectivity index (χ4v) is 3.63. The number of rotatable bonds is 5. The molecule has 1 heterocycles. The Labute approximate surface area is 157 Å². The molecule has 1 aromatic heterocycles. The number of nitrogens with two attached hydrogens (primary N) is 1. The van der Waals surface area contributed by atoms with Gasteiger partial charge in [0, 0.05) is 16.1 Å². The van der Waals surface area contributed by atoms with Gasteiger partial charge in [-0.25, -0.2) is 22.4 Å². The van der Waals surface area contributed by atoms with Gasteiger partial charge in [-0.15, -0.1) is 0 Å². The van der Waals surface area contributed by atoms with E-state index >= 15 is 0 Å². The standard InChI is InChI=1S/C16H14ClN3O4S2/c17-13-3-1-11(2-4-13)16-12(10-25(21)22)9-19-20(16)14-5-7-15(8-6-14)26(18,23)24/h1-9H,10H2,(H,21,22)(H2,18,23,24). The number of benzene rings is 2. The monoisotopic (exact) mass is 411 g/mol. The van der Waals surface area contributed by atoms with Crippen molar-refractivity contribution in [2.24, 2.45) is 5.14 Å². The molecule has 0 radical (unpaired) electrons. The van der Waals surface area contributed by atoms with Crippen LogP contribution in [0.25, 0.3) is 16.9 Å². The second-order valence-corrected chi connectivity index (χ2v) is 8.37. The van der Waals surface area contributed by atoms with Gasteiger partial charge in [0.25, 0.3) is 0 Å². The van der Waals surface area contributed by atoms with Crippen molar-refractivity contribution in [2.45, 2.75) is 10.6 Å². The summed E-state index contributed by atoms with van der Waals surface area (Å²) in [5.41, 5.74) is 2.52. The highest BCUT2D eigenvalue weighted by Gasteiger charge is 2.17. The maximum absolute atomic E-state index is 11.4. The molecule has 0 spiro atoms. The van der Waals surface area contributed by atoms with Crippen molar-refractivity contribution < 1.29 is 17.2 Å². The van der Waals surface area contributed by atoms with E-state index in [4.69, 9.17) is 16.7 Å². The maximum atomic E-state index is 11.4. The predicted molar refractivity (Wildman–Crippen MR) is 99.9 cm³/mol. The van der Waals surface area contributed by atoms with Gasteiger partial charge in [0.2, 0.25) is 10.0 Å². The van der Waals surface area contributed by atoms with Crippen LogP contribution >= 0.6 is 11.6 Å². The van der Waals surface area contributed by atoms with Crippen molar-refractivity contribution in [1.82, 2.24) is 9.78 Å². The van der Waals surface area contributed by atoms with Gasteiger partial charge >= 0.3 is 0 Å². The molecule has 7 nitrogen and oxygen atoms in total. The lowest BCUT2D eigenvalue weighted by Gasteiger charge is -2.10. The van der Waals surface area contributed by atoms with Crippen LogP contribution in [0.3, 0.4) is 0 Å². The molecule has 0 fully saturated rings. The van der Waals surface area contributed by atoms with Crippen molar-refractivity contribution in [3.8, 4) is 16.9 Å². The molecule has 3 aromatic rings. The van der Waals surface area contributed by atoms with E-state index in [-0.39, 0.29) is 10.6 Å². The quantitative estimate of drug-likeness (QED) is 0.626. The Morgan fingerprint density at radius 3 is 2.27 bits per heavy atom. The van der Waals surface area contributed by atoms with E-state index in [1.807, 2.05) is 0 Å². The number of hydrogen-bond donors (Lipinski definition) is 2. The fraction of sp³-hybridized carbons (Fsp3) is 0.0625. The van der Waals surface area contributed by atoms with Crippen LogP contribution in [-0.2, 0) is 26.9 Å². The maximum Gasteiger partial charge on any atom is 0.238 e. The first kappa shape index (κ1) is 18.7. The van der Waals surface area contributed by atoms with Gasteiger partial charge in [0.15, 0.2) is 11.1 Å². The molecular weight excluding hydrogens is 398 g/mol. The molecule has 3 rings (SSSR count). The van der Waals surface area contributed by atoms with E-state index in [0.717, 1.165) is 5.56 Å². The van der Waals surface area contributed by atoms with Crippen LogP contribution < -0.4 is 5.14 Å². The predicted octanol–water partition coefficient (Wildman–Crippen LogP) is 2.56. The summed E-state index contributed by atoms with van der Waals surface area (Å²) < 4.78 is 44.9. The molecule has 0 amide bonds. The van der Waals surface area contributed by atoms with Gasteiger partial charge in [-0.3, -0.25) is 0 Å². The smallest absolute Gasteiger partial charge is 0.238 e. The molecule has 1 unspecified atom stereocenters. The molecule has 0 aliphatic heterocycles. The van der Waals surface area contributed by atoms with Crippen molar-refractivity contribution in [2.75, 3.05) is 0 Å². The summed E-state index contributed by atoms with van der Waals surface area (Å²) in [6.45, 7) is 0. The summed E-state index contributed by atoms with van der Waals surface area (Å²) in [6.07, 6.45) is 1.51. The Bertz CT molecular complexity index is 1060. The van der Waals surface area contributed by atoms with Crippen LogP contribution in [0.4, 0.5) is 0 Å². The van der Waals surface area contributed by atoms with Crippen molar-refractivity contribution >= 4 is 32.7 Å². The lowest BCUT2D eigenvalue weighted by Crippen LogP contribution is -2.12. The minimum atomic E-state index is -3.80. The summed E-state index contributed by atoms with van der Waals surface area (Å²) >= 11 is 3.90. The highest BCUT2D eigenvalue weighted by molar-refractivity contribution is 7.89. The van der Waals surface area contributed by atoms with Gasteiger partial charge in [-0.05, 0) is 36.4 Å². The highest BCUT2D eigenvalue weighted by atomic mass is 35.5. The van der Waals surface area contributed by atoms with Gasteiger partial charge in [-0.2, -0.15) is 5.10 Å². The van der Waals surface area contributed by atoms with E-state index in [0.29, 0.717) is 22.0 Å². The Balaban J connectivity index is 2.14. The first-order chi connectivity index (χ1) is 12.3. The minimum Gasteiger partial charge on any atom is -0.306 e. The molecule has 3 N–H and O–H groups in total. The molecule has 136 valence electrons. The zero-order chi connectivity index (χ0) is 18.9. The van der Waals surface area contributed by atoms with E-state index in [1.54, 1.807) is 41.1 Å². The van der Waals surface area contributed by atoms with Crippen LogP contribution in [0.2, 0.25) is 5.02 Å². The van der Waals surface area contributed by atoms with E-state index in [2.05, 4.69) is 5.10 Å². The van der Waals surface area contributed by atoms with Crippen molar-refractivity contribution in [3.05, 3.63) is 65.3 Å². The third-order valence-corrected chi connectivity index (χ3v) is 5.39. The molecule has 2 aromatic carbocycles. The zero-order valence-corrected chi connectivity index (χ0v) is 15.6. The van der Waals surface area contributed by atoms with Gasteiger partial charge in [0.05, 0.1) is 28.2 Å². The number of hydrogen-bond acceptors (Lipinski definition) is 4. The molecule has 0 aliphatic carbocycles. The molecular formula is C16H14ClN3O4S2. The average molecular weight is 412 g/mol. The summed E-state index contributed by atoms with van der Waals surface area (Å²) in [4.78, 5) is -0.0156. The number of sulfonamides is 1. The minimum absolute atomic E-state index is 0.0156. The summed E-state index contributed by atoms with van der Waals surface area (Å²) in [5, 5.41) is 9.96. The van der Waals surface area contributed by atoms with Crippen LogP contribution in [0.15, 0.2) is 59.6 Å². The van der Waals surface area contributed by atoms with Crippen molar-refractivity contribution in [3.63, 3.8) is 0 Å². The summed E-state index contributed by atoms with van der Waals surface area (Å²) in [5.74, 6) is -0.0901. The SMILES string of the molecule is NS(=O)(=O)c1ccc(-n2ncc(CS(=O)O)c2-c2ccc(Cl)cc2)cc1. The molecule has 10 heteroatoms. The lowest BCUT2D eigenvalue weighted by molar-refractivity contribution is 0.563. The lowest BCUT2D eigenvalue weighted by atomic mass is 10.1. The Kier molecular flexibility index (Phi) is 5.26. The molecule has 0 saturated heterocycles. The van der Waals surface area contributed by atoms with Gasteiger partial charge in [-0.1, -0.05) is 23.7 Å². The number of primary sulfonamides is 1. The van der Waals surface area contributed by atoms with Crippen LogP contribution in [0.5, 0.6) is 0 Å². The Morgan fingerprint density at radius 1 is 1.12 bits per heavy atom. The second kappa shape index (κ2) is 7.29. The second-order valence-electron chi connectivity index (χ2n) is 5.44. The summed E-state index contributed by atoms with van der Waals surface area (Å²) in [7, 11) is -3.80. The zero-order valence-electron chi connectivity index (χ0n) is 13.2. The Morgan fingerprint density at radius 2 is 1.73 bits per heavy atom. The highest BCUT2D eigenvalue weighted by Crippen LogP contribution is 2.29. The van der Waals surface area contributed by atoms with Crippen LogP contribution in [-0.4, -0.2) is 27.0 Å². The van der Waals surface area contributed by atoms with E-state index < -0.39 is 21.1 Å². The normalized spacial score (nSPS) is 12.9. The third-order valence-electron chi connectivity index (χ3n) is 3.65. The van der Waals surface area contributed by atoms with Crippen molar-refractivity contribution in [1.29, 1.82) is 0 Å². The van der Waals surface area contributed by atoms with Crippen LogP contribution in [0.1, 0.15) is 5.56 Å². The third kappa shape index (κ3) is 4.02. The number of nitrogens with zero attached hydrogens (tertiary/aromatic N) is 2. The fourth-order valence-electron chi connectivity index (χ4n) is 2.51. The number of halogens is 1. The molecule has 1 atom stereocenters.